The molecule has 0 aromatic rings. The number of ether oxygens (including phenoxy) is 1. The maximum atomic E-state index is 12.3. The fraction of sp³-hybridized carbons (Fsp3) is 0.714. The predicted octanol–water partition coefficient (Wildman–Crippen LogP) is 4.96. The Morgan fingerprint density at radius 2 is 1.62 bits per heavy atom. The van der Waals surface area contributed by atoms with Crippen LogP contribution in [0.3, 0.4) is 0 Å². The molecule has 0 saturated heterocycles. The second-order valence-electron chi connectivity index (χ2n) is 7.63. The summed E-state index contributed by atoms with van der Waals surface area (Å²) in [5.74, 6) is 1.43. The lowest BCUT2D eigenvalue weighted by molar-refractivity contribution is -0.143. The van der Waals surface area contributed by atoms with Crippen molar-refractivity contribution in [1.82, 2.24) is 0 Å². The summed E-state index contributed by atoms with van der Waals surface area (Å²) >= 11 is 0. The van der Waals surface area contributed by atoms with E-state index < -0.39 is 0 Å². The first-order chi connectivity index (χ1) is 11.2. The minimum Gasteiger partial charge on any atom is -0.459 e. The number of rotatable bonds is 0. The van der Waals surface area contributed by atoms with Crippen LogP contribution < -0.4 is 0 Å². The van der Waals surface area contributed by atoms with Crippen LogP contribution in [0.15, 0.2) is 24.3 Å². The Morgan fingerprint density at radius 3 is 2.29 bits per heavy atom. The van der Waals surface area contributed by atoms with Gasteiger partial charge in [0.25, 0.3) is 0 Å². The first-order valence-electron chi connectivity index (χ1n) is 9.30. The van der Waals surface area contributed by atoms with E-state index in [4.69, 9.17) is 4.74 Å². The molecule has 0 N–H and O–H groups in total. The molecular weight excluding hydrogens is 300 g/mol. The van der Waals surface area contributed by atoms with Crippen LogP contribution in [0, 0.1) is 29.6 Å². The van der Waals surface area contributed by atoms with Crippen LogP contribution in [-0.2, 0) is 14.3 Å². The Kier molecular flexibility index (Phi) is 8.44. The van der Waals surface area contributed by atoms with Crippen LogP contribution in [0.25, 0.3) is 0 Å². The Hall–Kier alpha value is -1.38. The number of esters is 1. The van der Waals surface area contributed by atoms with Gasteiger partial charge in [-0.05, 0) is 37.5 Å². The summed E-state index contributed by atoms with van der Waals surface area (Å²) in [5, 5.41) is 0. The molecule has 3 heteroatoms. The number of hydrogen-bond donors (Lipinski definition) is 0. The normalized spacial score (nSPS) is 39.9. The molecule has 6 atom stereocenters. The average molecular weight is 335 g/mol. The molecule has 1 aliphatic rings. The average Bonchev–Trinajstić information content (AvgIpc) is 2.54. The molecule has 24 heavy (non-hydrogen) atoms. The van der Waals surface area contributed by atoms with Gasteiger partial charge in [0.1, 0.15) is 11.9 Å². The molecule has 0 saturated carbocycles. The van der Waals surface area contributed by atoms with Crippen molar-refractivity contribution in [3.63, 3.8) is 0 Å². The number of carbonyl (C=O) groups excluding carboxylic acids is 2. The van der Waals surface area contributed by atoms with Crippen LogP contribution in [-0.4, -0.2) is 17.9 Å². The molecule has 136 valence electrons. The summed E-state index contributed by atoms with van der Waals surface area (Å²) in [6, 6.07) is 0. The number of allylic oxidation sites excluding steroid dienone is 2. The standard InChI is InChI=1S/C21H34O3/c1-14-11-12-21(23)24-19(6)15(2)9-7-8-10-20(22)17(4)13-16(3)18(14)5/h7,9,11-12,14-19H,8,10,13H2,1-6H3/b9-7+,12-11+/t14-,15-,16-,17+,18+,19+/m0/s1. The van der Waals surface area contributed by atoms with Gasteiger partial charge in [0.05, 0.1) is 0 Å². The Bertz CT molecular complexity index is 477. The van der Waals surface area contributed by atoms with Gasteiger partial charge in [0.2, 0.25) is 0 Å². The van der Waals surface area contributed by atoms with Gasteiger partial charge < -0.3 is 4.74 Å². The summed E-state index contributed by atoms with van der Waals surface area (Å²) in [4.78, 5) is 24.3. The summed E-state index contributed by atoms with van der Waals surface area (Å²) < 4.78 is 5.47. The van der Waals surface area contributed by atoms with Crippen LogP contribution in [0.2, 0.25) is 0 Å². The van der Waals surface area contributed by atoms with E-state index in [0.717, 1.165) is 12.8 Å². The third-order valence-electron chi connectivity index (χ3n) is 5.58. The summed E-state index contributed by atoms with van der Waals surface area (Å²) in [5.41, 5.74) is 0. The zero-order chi connectivity index (χ0) is 18.3. The molecule has 0 spiro atoms. The molecule has 0 unspecified atom stereocenters. The zero-order valence-electron chi connectivity index (χ0n) is 16.1. The maximum Gasteiger partial charge on any atom is 0.330 e. The number of Topliss-reactive ketones (excluding diaryl/α,β-unsaturated/α-hetero) is 1. The molecule has 0 radical (unpaired) electrons. The lowest BCUT2D eigenvalue weighted by atomic mass is 9.79. The highest BCUT2D eigenvalue weighted by Gasteiger charge is 2.23. The van der Waals surface area contributed by atoms with Crippen molar-refractivity contribution >= 4 is 11.8 Å². The molecule has 0 aromatic carbocycles. The van der Waals surface area contributed by atoms with Gasteiger partial charge in [-0.2, -0.15) is 0 Å². The summed E-state index contributed by atoms with van der Waals surface area (Å²) in [6.07, 6.45) is 9.65. The fourth-order valence-corrected chi connectivity index (χ4v) is 3.10. The third kappa shape index (κ3) is 6.62. The number of carbonyl (C=O) groups is 2. The van der Waals surface area contributed by atoms with Gasteiger partial charge in [-0.3, -0.25) is 4.79 Å². The van der Waals surface area contributed by atoms with E-state index in [1.165, 1.54) is 0 Å². The van der Waals surface area contributed by atoms with Gasteiger partial charge in [0, 0.05) is 24.3 Å². The van der Waals surface area contributed by atoms with Crippen molar-refractivity contribution < 1.29 is 14.3 Å². The van der Waals surface area contributed by atoms with Crippen LogP contribution in [0.5, 0.6) is 0 Å². The number of cyclic esters (lactones) is 1. The van der Waals surface area contributed by atoms with Crippen LogP contribution in [0.1, 0.15) is 60.8 Å². The maximum absolute atomic E-state index is 12.3. The quantitative estimate of drug-likeness (QED) is 0.464. The van der Waals surface area contributed by atoms with E-state index in [-0.39, 0.29) is 29.8 Å². The minimum atomic E-state index is -0.273. The molecule has 1 rings (SSSR count). The topological polar surface area (TPSA) is 43.4 Å². The lowest BCUT2D eigenvalue weighted by Gasteiger charge is -2.26. The van der Waals surface area contributed by atoms with Crippen molar-refractivity contribution in [2.75, 3.05) is 0 Å². The van der Waals surface area contributed by atoms with Gasteiger partial charge >= 0.3 is 5.97 Å². The highest BCUT2D eigenvalue weighted by atomic mass is 16.5. The lowest BCUT2D eigenvalue weighted by Crippen LogP contribution is -2.22. The highest BCUT2D eigenvalue weighted by molar-refractivity contribution is 5.82. The molecule has 1 heterocycles. The Labute approximate surface area is 147 Å². The van der Waals surface area contributed by atoms with Crippen LogP contribution >= 0.6 is 0 Å². The summed E-state index contributed by atoms with van der Waals surface area (Å²) in [7, 11) is 0. The second-order valence-corrected chi connectivity index (χ2v) is 7.63. The monoisotopic (exact) mass is 334 g/mol. The van der Waals surface area contributed by atoms with Crippen molar-refractivity contribution in [2.24, 2.45) is 29.6 Å². The number of ketones is 1. The first-order valence-corrected chi connectivity index (χ1v) is 9.30. The Morgan fingerprint density at radius 1 is 0.958 bits per heavy atom. The van der Waals surface area contributed by atoms with E-state index in [1.54, 1.807) is 6.08 Å². The van der Waals surface area contributed by atoms with Crippen molar-refractivity contribution in [3.05, 3.63) is 24.3 Å². The van der Waals surface area contributed by atoms with Crippen molar-refractivity contribution in [3.8, 4) is 0 Å². The van der Waals surface area contributed by atoms with Crippen molar-refractivity contribution in [1.29, 1.82) is 0 Å². The van der Waals surface area contributed by atoms with Gasteiger partial charge in [0.15, 0.2) is 0 Å². The largest absolute Gasteiger partial charge is 0.459 e. The van der Waals surface area contributed by atoms with E-state index in [9.17, 15) is 9.59 Å². The minimum absolute atomic E-state index is 0.0984. The molecule has 1 aliphatic heterocycles. The molecular formula is C21H34O3. The molecule has 0 amide bonds. The highest BCUT2D eigenvalue weighted by Crippen LogP contribution is 2.28. The first kappa shape index (κ1) is 20.7. The van der Waals surface area contributed by atoms with Crippen LogP contribution in [0.4, 0.5) is 0 Å². The molecule has 0 bridgehead atoms. The smallest absolute Gasteiger partial charge is 0.330 e. The number of hydrogen-bond acceptors (Lipinski definition) is 3. The third-order valence-corrected chi connectivity index (χ3v) is 5.58. The van der Waals surface area contributed by atoms with E-state index in [1.807, 2.05) is 39.0 Å². The predicted molar refractivity (Wildman–Crippen MR) is 98.5 cm³/mol. The van der Waals surface area contributed by atoms with E-state index in [0.29, 0.717) is 24.0 Å². The molecule has 0 aromatic heterocycles. The van der Waals surface area contributed by atoms with Gasteiger partial charge in [-0.15, -0.1) is 0 Å². The van der Waals surface area contributed by atoms with Gasteiger partial charge in [-0.25, -0.2) is 4.79 Å². The SMILES string of the molecule is C[C@@H]1[C@@H](C)/C=C/C(=O)O[C@H](C)[C@@H](C)/C=C/CCC(=O)[C@H](C)C[C@@H]1C. The zero-order valence-corrected chi connectivity index (χ0v) is 16.1. The fourth-order valence-electron chi connectivity index (χ4n) is 3.10. The molecule has 3 nitrogen and oxygen atoms in total. The van der Waals surface area contributed by atoms with Gasteiger partial charge in [-0.1, -0.05) is 52.8 Å². The van der Waals surface area contributed by atoms with E-state index in [2.05, 4.69) is 20.8 Å². The molecule has 0 aliphatic carbocycles. The summed E-state index contributed by atoms with van der Waals surface area (Å²) in [6.45, 7) is 12.5. The Balaban J connectivity index is 2.90. The van der Waals surface area contributed by atoms with E-state index >= 15 is 0 Å². The second kappa shape index (κ2) is 9.80. The molecule has 0 fully saturated rings. The van der Waals surface area contributed by atoms with Crippen molar-refractivity contribution in [2.45, 2.75) is 66.9 Å².